The van der Waals surface area contributed by atoms with E-state index in [0.717, 1.165) is 29.1 Å². The molecule has 2 N–H and O–H groups in total. The highest BCUT2D eigenvalue weighted by Gasteiger charge is 2.33. The molecule has 0 saturated carbocycles. The lowest BCUT2D eigenvalue weighted by Crippen LogP contribution is -2.37. The first-order valence-corrected chi connectivity index (χ1v) is 7.31. The Kier molecular flexibility index (Phi) is 2.79. The van der Waals surface area contributed by atoms with Gasteiger partial charge in [-0.1, -0.05) is 18.2 Å². The Morgan fingerprint density at radius 2 is 2.09 bits per heavy atom. The number of hydrogen-bond acceptors (Lipinski definition) is 5. The standard InChI is InChI=1S/C16H17N5O/c1-16(2)7-11(10-5-3-4-6-12(10)22-16)21-15-13-14(18-8-17-13)19-9-20-15/h3-6,8-9,11H,7H2,1-2H3,(H2,17,18,19,20,21). The summed E-state index contributed by atoms with van der Waals surface area (Å²) in [5.74, 6) is 1.69. The van der Waals surface area contributed by atoms with Gasteiger partial charge in [0, 0.05) is 12.0 Å². The third-order valence-corrected chi connectivity index (χ3v) is 3.91. The van der Waals surface area contributed by atoms with Crippen LogP contribution in [0.2, 0.25) is 0 Å². The van der Waals surface area contributed by atoms with E-state index in [1.165, 1.54) is 6.33 Å². The lowest BCUT2D eigenvalue weighted by atomic mass is 9.89. The highest BCUT2D eigenvalue weighted by Crippen LogP contribution is 2.41. The van der Waals surface area contributed by atoms with Crippen molar-refractivity contribution < 1.29 is 4.74 Å². The van der Waals surface area contributed by atoms with Crippen LogP contribution in [-0.2, 0) is 0 Å². The van der Waals surface area contributed by atoms with Gasteiger partial charge < -0.3 is 15.0 Å². The second-order valence-electron chi connectivity index (χ2n) is 6.12. The average molecular weight is 295 g/mol. The molecule has 4 rings (SSSR count). The van der Waals surface area contributed by atoms with Crippen LogP contribution in [0.25, 0.3) is 11.2 Å². The van der Waals surface area contributed by atoms with E-state index in [0.29, 0.717) is 5.65 Å². The number of imidazole rings is 1. The van der Waals surface area contributed by atoms with Crippen LogP contribution in [-0.4, -0.2) is 25.5 Å². The minimum atomic E-state index is -0.230. The number of hydrogen-bond donors (Lipinski definition) is 2. The molecule has 6 nitrogen and oxygen atoms in total. The van der Waals surface area contributed by atoms with Crippen molar-refractivity contribution in [3.63, 3.8) is 0 Å². The topological polar surface area (TPSA) is 75.7 Å². The quantitative estimate of drug-likeness (QED) is 0.760. The summed E-state index contributed by atoms with van der Waals surface area (Å²) in [5, 5.41) is 3.52. The molecule has 1 atom stereocenters. The first-order chi connectivity index (χ1) is 10.6. The Balaban J connectivity index is 1.75. The number of H-pyrrole nitrogens is 1. The van der Waals surface area contributed by atoms with Crippen LogP contribution in [0.5, 0.6) is 5.75 Å². The smallest absolute Gasteiger partial charge is 0.182 e. The fourth-order valence-electron chi connectivity index (χ4n) is 2.97. The maximum absolute atomic E-state index is 6.07. The first-order valence-electron chi connectivity index (χ1n) is 7.31. The SMILES string of the molecule is CC1(C)CC(Nc2ncnc3nc[nH]c23)c2ccccc2O1. The number of rotatable bonds is 2. The van der Waals surface area contributed by atoms with E-state index < -0.39 is 0 Å². The number of benzene rings is 1. The molecular formula is C16H17N5O. The number of aromatic amines is 1. The Hall–Kier alpha value is -2.63. The van der Waals surface area contributed by atoms with Crippen molar-refractivity contribution in [1.82, 2.24) is 19.9 Å². The first kappa shape index (κ1) is 13.1. The van der Waals surface area contributed by atoms with Gasteiger partial charge >= 0.3 is 0 Å². The molecule has 112 valence electrons. The van der Waals surface area contributed by atoms with Gasteiger partial charge in [-0.3, -0.25) is 0 Å². The van der Waals surface area contributed by atoms with Gasteiger partial charge in [-0.25, -0.2) is 15.0 Å². The molecule has 0 radical (unpaired) electrons. The molecular weight excluding hydrogens is 278 g/mol. The molecule has 0 amide bonds. The molecule has 3 heterocycles. The highest BCUT2D eigenvalue weighted by atomic mass is 16.5. The number of nitrogens with zero attached hydrogens (tertiary/aromatic N) is 3. The largest absolute Gasteiger partial charge is 0.487 e. The van der Waals surface area contributed by atoms with Crippen LogP contribution in [0.3, 0.4) is 0 Å². The Morgan fingerprint density at radius 3 is 3.00 bits per heavy atom. The minimum Gasteiger partial charge on any atom is -0.487 e. The van der Waals surface area contributed by atoms with Gasteiger partial charge in [0.2, 0.25) is 0 Å². The Labute approximate surface area is 128 Å². The Bertz CT molecular complexity index is 826. The molecule has 2 aromatic heterocycles. The summed E-state index contributed by atoms with van der Waals surface area (Å²) in [4.78, 5) is 15.8. The molecule has 0 aliphatic carbocycles. The summed E-state index contributed by atoms with van der Waals surface area (Å²) in [6, 6.07) is 8.25. The third kappa shape index (κ3) is 2.16. The molecule has 0 saturated heterocycles. The molecule has 3 aromatic rings. The number of para-hydroxylation sites is 1. The van der Waals surface area contributed by atoms with Crippen LogP contribution >= 0.6 is 0 Å². The molecule has 1 aliphatic heterocycles. The lowest BCUT2D eigenvalue weighted by Gasteiger charge is -2.38. The van der Waals surface area contributed by atoms with Gasteiger partial charge in [-0.05, 0) is 19.9 Å². The minimum absolute atomic E-state index is 0.126. The van der Waals surface area contributed by atoms with Crippen molar-refractivity contribution in [1.29, 1.82) is 0 Å². The van der Waals surface area contributed by atoms with E-state index >= 15 is 0 Å². The van der Waals surface area contributed by atoms with Crippen molar-refractivity contribution >= 4 is 17.0 Å². The maximum atomic E-state index is 6.07. The predicted molar refractivity (Wildman–Crippen MR) is 83.8 cm³/mol. The number of aromatic nitrogens is 4. The fourth-order valence-corrected chi connectivity index (χ4v) is 2.97. The van der Waals surface area contributed by atoms with Gasteiger partial charge in [0.05, 0.1) is 12.4 Å². The monoisotopic (exact) mass is 295 g/mol. The van der Waals surface area contributed by atoms with Gasteiger partial charge in [-0.2, -0.15) is 0 Å². The molecule has 1 unspecified atom stereocenters. The maximum Gasteiger partial charge on any atom is 0.182 e. The van der Waals surface area contributed by atoms with E-state index in [9.17, 15) is 0 Å². The summed E-state index contributed by atoms with van der Waals surface area (Å²) in [7, 11) is 0. The molecule has 1 aliphatic rings. The summed E-state index contributed by atoms with van der Waals surface area (Å²) in [5.41, 5.74) is 2.40. The summed E-state index contributed by atoms with van der Waals surface area (Å²) in [6.07, 6.45) is 4.01. The van der Waals surface area contributed by atoms with Crippen LogP contribution < -0.4 is 10.1 Å². The summed E-state index contributed by atoms with van der Waals surface area (Å²) in [6.45, 7) is 4.20. The normalized spacial score (nSPS) is 19.5. The molecule has 1 aromatic carbocycles. The van der Waals surface area contributed by atoms with Crippen LogP contribution in [0.4, 0.5) is 5.82 Å². The van der Waals surface area contributed by atoms with Crippen molar-refractivity contribution in [2.45, 2.75) is 31.9 Å². The lowest BCUT2D eigenvalue weighted by molar-refractivity contribution is 0.0759. The van der Waals surface area contributed by atoms with E-state index in [-0.39, 0.29) is 11.6 Å². The second kappa shape index (κ2) is 4.69. The number of nitrogens with one attached hydrogen (secondary N) is 2. The van der Waals surface area contributed by atoms with Crippen molar-refractivity contribution in [2.24, 2.45) is 0 Å². The van der Waals surface area contributed by atoms with Crippen LogP contribution in [0.15, 0.2) is 36.9 Å². The molecule has 0 fully saturated rings. The number of anilines is 1. The van der Waals surface area contributed by atoms with Crippen molar-refractivity contribution in [3.8, 4) is 5.75 Å². The van der Waals surface area contributed by atoms with Crippen molar-refractivity contribution in [3.05, 3.63) is 42.5 Å². The zero-order chi connectivity index (χ0) is 15.2. The molecule has 6 heteroatoms. The van der Waals surface area contributed by atoms with E-state index in [1.807, 2.05) is 18.2 Å². The van der Waals surface area contributed by atoms with Gasteiger partial charge in [-0.15, -0.1) is 0 Å². The van der Waals surface area contributed by atoms with E-state index in [4.69, 9.17) is 4.74 Å². The highest BCUT2D eigenvalue weighted by molar-refractivity contribution is 5.82. The number of ether oxygens (including phenoxy) is 1. The zero-order valence-electron chi connectivity index (χ0n) is 12.5. The summed E-state index contributed by atoms with van der Waals surface area (Å²) >= 11 is 0. The predicted octanol–water partition coefficient (Wildman–Crippen LogP) is 3.07. The fraction of sp³-hybridized carbons (Fsp3) is 0.312. The average Bonchev–Trinajstić information content (AvgIpc) is 2.95. The summed E-state index contributed by atoms with van der Waals surface area (Å²) < 4.78 is 6.07. The molecule has 0 spiro atoms. The van der Waals surface area contributed by atoms with Crippen LogP contribution in [0.1, 0.15) is 31.9 Å². The zero-order valence-corrected chi connectivity index (χ0v) is 12.5. The van der Waals surface area contributed by atoms with E-state index in [1.54, 1.807) is 6.33 Å². The number of fused-ring (bicyclic) bond motifs is 2. The van der Waals surface area contributed by atoms with Crippen molar-refractivity contribution in [2.75, 3.05) is 5.32 Å². The Morgan fingerprint density at radius 1 is 1.23 bits per heavy atom. The third-order valence-electron chi connectivity index (χ3n) is 3.91. The molecule has 22 heavy (non-hydrogen) atoms. The van der Waals surface area contributed by atoms with Gasteiger partial charge in [0.25, 0.3) is 0 Å². The second-order valence-corrected chi connectivity index (χ2v) is 6.12. The van der Waals surface area contributed by atoms with Gasteiger partial charge in [0.15, 0.2) is 11.5 Å². The van der Waals surface area contributed by atoms with E-state index in [2.05, 4.69) is 45.2 Å². The molecule has 0 bridgehead atoms. The van der Waals surface area contributed by atoms with Gasteiger partial charge in [0.1, 0.15) is 23.2 Å². The van der Waals surface area contributed by atoms with Crippen LogP contribution in [0, 0.1) is 0 Å².